The van der Waals surface area contributed by atoms with Crippen molar-refractivity contribution in [3.63, 3.8) is 0 Å². The fourth-order valence-electron chi connectivity index (χ4n) is 2.62. The van der Waals surface area contributed by atoms with E-state index >= 15 is 0 Å². The molecule has 0 bridgehead atoms. The molecule has 0 spiro atoms. The fourth-order valence-corrected chi connectivity index (χ4v) is 2.62. The van der Waals surface area contributed by atoms with Gasteiger partial charge < -0.3 is 19.9 Å². The fraction of sp³-hybridized carbons (Fsp3) is 0.381. The summed E-state index contributed by atoms with van der Waals surface area (Å²) in [7, 11) is 7.98. The second-order valence-corrected chi connectivity index (χ2v) is 6.54. The number of nitrogens with zero attached hydrogens (tertiary/aromatic N) is 3. The molecule has 0 unspecified atom stereocenters. The van der Waals surface area contributed by atoms with Crippen molar-refractivity contribution in [1.82, 2.24) is 15.1 Å². The van der Waals surface area contributed by atoms with Crippen molar-refractivity contribution in [3.8, 4) is 5.75 Å². The van der Waals surface area contributed by atoms with Crippen LogP contribution in [0.2, 0.25) is 0 Å². The lowest BCUT2D eigenvalue weighted by Crippen LogP contribution is -2.40. The summed E-state index contributed by atoms with van der Waals surface area (Å²) < 4.78 is 5.75. The van der Waals surface area contributed by atoms with Crippen molar-refractivity contribution in [2.45, 2.75) is 13.1 Å². The first kappa shape index (κ1) is 19.8. The summed E-state index contributed by atoms with van der Waals surface area (Å²) in [6.07, 6.45) is 0. The van der Waals surface area contributed by atoms with Gasteiger partial charge in [0.25, 0.3) is 0 Å². The van der Waals surface area contributed by atoms with Crippen LogP contribution in [0.5, 0.6) is 5.75 Å². The number of para-hydroxylation sites is 1. The lowest BCUT2D eigenvalue weighted by atomic mass is 10.1. The van der Waals surface area contributed by atoms with Crippen molar-refractivity contribution in [1.29, 1.82) is 0 Å². The monoisotopic (exact) mass is 354 g/mol. The minimum Gasteiger partial charge on any atom is -0.492 e. The zero-order chi connectivity index (χ0) is 18.8. The van der Waals surface area contributed by atoms with Gasteiger partial charge >= 0.3 is 0 Å². The molecule has 0 atom stereocenters. The van der Waals surface area contributed by atoms with Crippen LogP contribution in [0.25, 0.3) is 0 Å². The Morgan fingerprint density at radius 1 is 0.962 bits per heavy atom. The molecule has 5 nitrogen and oxygen atoms in total. The topological polar surface area (TPSA) is 40.1 Å². The van der Waals surface area contributed by atoms with Gasteiger partial charge in [-0.15, -0.1) is 0 Å². The van der Waals surface area contributed by atoms with Crippen LogP contribution in [0.4, 0.5) is 0 Å². The number of aliphatic imine (C=N–C) groups is 1. The molecule has 2 aromatic carbocycles. The summed E-state index contributed by atoms with van der Waals surface area (Å²) in [5.74, 6) is 1.75. The molecule has 5 heteroatoms. The highest BCUT2D eigenvalue weighted by atomic mass is 16.5. The predicted octanol–water partition coefficient (Wildman–Crippen LogP) is 2.83. The molecule has 0 fully saturated rings. The third-order valence-corrected chi connectivity index (χ3v) is 3.98. The van der Waals surface area contributed by atoms with Gasteiger partial charge in [-0.2, -0.15) is 0 Å². The van der Waals surface area contributed by atoms with Gasteiger partial charge in [-0.1, -0.05) is 42.5 Å². The molecule has 2 rings (SSSR count). The van der Waals surface area contributed by atoms with Gasteiger partial charge in [-0.3, -0.25) is 4.99 Å². The number of ether oxygens (including phenoxy) is 1. The highest BCUT2D eigenvalue weighted by Crippen LogP contribution is 2.08. The first-order valence-electron chi connectivity index (χ1n) is 8.90. The first-order valence-corrected chi connectivity index (χ1v) is 8.90. The molecular weight excluding hydrogens is 324 g/mol. The van der Waals surface area contributed by atoms with Crippen molar-refractivity contribution < 1.29 is 4.74 Å². The average molecular weight is 354 g/mol. The van der Waals surface area contributed by atoms with E-state index in [1.165, 1.54) is 11.1 Å². The number of hydrogen-bond acceptors (Lipinski definition) is 3. The number of benzene rings is 2. The van der Waals surface area contributed by atoms with E-state index in [2.05, 4.69) is 58.5 Å². The Hall–Kier alpha value is -2.53. The van der Waals surface area contributed by atoms with Crippen LogP contribution < -0.4 is 10.1 Å². The summed E-state index contributed by atoms with van der Waals surface area (Å²) in [5.41, 5.74) is 2.56. The van der Waals surface area contributed by atoms with Crippen LogP contribution in [-0.2, 0) is 13.1 Å². The molecule has 0 heterocycles. The zero-order valence-electron chi connectivity index (χ0n) is 16.3. The van der Waals surface area contributed by atoms with Gasteiger partial charge in [-0.05, 0) is 37.4 Å². The Morgan fingerprint density at radius 2 is 1.62 bits per heavy atom. The van der Waals surface area contributed by atoms with Crippen LogP contribution in [0, 0.1) is 0 Å². The maximum absolute atomic E-state index is 5.75. The predicted molar refractivity (Wildman–Crippen MR) is 109 cm³/mol. The first-order chi connectivity index (χ1) is 12.6. The molecule has 140 valence electrons. The lowest BCUT2D eigenvalue weighted by Gasteiger charge is -2.22. The largest absolute Gasteiger partial charge is 0.492 e. The smallest absolute Gasteiger partial charge is 0.193 e. The molecule has 0 saturated heterocycles. The van der Waals surface area contributed by atoms with Crippen LogP contribution in [0.3, 0.4) is 0 Å². The number of nitrogens with one attached hydrogen (secondary N) is 1. The van der Waals surface area contributed by atoms with Gasteiger partial charge in [0, 0.05) is 27.2 Å². The summed E-state index contributed by atoms with van der Waals surface area (Å²) in [6.45, 7) is 3.08. The number of hydrogen-bond donors (Lipinski definition) is 1. The number of guanidine groups is 1. The van der Waals surface area contributed by atoms with E-state index in [1.807, 2.05) is 37.4 Å². The van der Waals surface area contributed by atoms with Gasteiger partial charge in [0.2, 0.25) is 0 Å². The normalized spacial score (nSPS) is 11.5. The van der Waals surface area contributed by atoms with E-state index in [-0.39, 0.29) is 0 Å². The third-order valence-electron chi connectivity index (χ3n) is 3.98. The maximum atomic E-state index is 5.75. The van der Waals surface area contributed by atoms with Crippen molar-refractivity contribution in [3.05, 3.63) is 65.7 Å². The molecule has 0 aromatic heterocycles. The molecule has 0 aliphatic rings. The van der Waals surface area contributed by atoms with E-state index < -0.39 is 0 Å². The van der Waals surface area contributed by atoms with E-state index in [4.69, 9.17) is 4.74 Å². The Kier molecular flexibility index (Phi) is 7.96. The van der Waals surface area contributed by atoms with Gasteiger partial charge in [-0.25, -0.2) is 0 Å². The van der Waals surface area contributed by atoms with Gasteiger partial charge in [0.15, 0.2) is 5.96 Å². The van der Waals surface area contributed by atoms with Crippen LogP contribution in [-0.4, -0.2) is 57.1 Å². The summed E-state index contributed by atoms with van der Waals surface area (Å²) in [6, 6.07) is 18.5. The highest BCUT2D eigenvalue weighted by Gasteiger charge is 2.06. The van der Waals surface area contributed by atoms with Crippen molar-refractivity contribution in [2.75, 3.05) is 41.3 Å². The van der Waals surface area contributed by atoms with Crippen LogP contribution >= 0.6 is 0 Å². The molecule has 0 amide bonds. The summed E-state index contributed by atoms with van der Waals surface area (Å²) in [5, 5.41) is 3.40. The molecule has 0 aliphatic heterocycles. The zero-order valence-corrected chi connectivity index (χ0v) is 16.3. The Morgan fingerprint density at radius 3 is 2.23 bits per heavy atom. The number of rotatable bonds is 8. The summed E-state index contributed by atoms with van der Waals surface area (Å²) in [4.78, 5) is 8.60. The van der Waals surface area contributed by atoms with Crippen LogP contribution in [0.1, 0.15) is 11.1 Å². The molecule has 26 heavy (non-hydrogen) atoms. The van der Waals surface area contributed by atoms with Crippen molar-refractivity contribution >= 4 is 5.96 Å². The second-order valence-electron chi connectivity index (χ2n) is 6.54. The maximum Gasteiger partial charge on any atom is 0.193 e. The summed E-state index contributed by atoms with van der Waals surface area (Å²) >= 11 is 0. The molecule has 0 radical (unpaired) electrons. The Bertz CT molecular complexity index is 668. The molecule has 0 aliphatic carbocycles. The van der Waals surface area contributed by atoms with Crippen molar-refractivity contribution in [2.24, 2.45) is 4.99 Å². The average Bonchev–Trinajstić information content (AvgIpc) is 2.64. The van der Waals surface area contributed by atoms with E-state index in [1.54, 1.807) is 7.05 Å². The highest BCUT2D eigenvalue weighted by molar-refractivity contribution is 5.79. The van der Waals surface area contributed by atoms with E-state index in [9.17, 15) is 0 Å². The molecule has 1 N–H and O–H groups in total. The lowest BCUT2D eigenvalue weighted by molar-refractivity contribution is 0.281. The minimum absolute atomic E-state index is 0.612. The Balaban J connectivity index is 1.77. The molecule has 2 aromatic rings. The molecular formula is C21H30N4O. The van der Waals surface area contributed by atoms with Crippen LogP contribution in [0.15, 0.2) is 59.6 Å². The number of likely N-dealkylation sites (N-methyl/N-ethyl adjacent to an activating group) is 1. The van der Waals surface area contributed by atoms with E-state index in [0.29, 0.717) is 6.61 Å². The van der Waals surface area contributed by atoms with Gasteiger partial charge in [0.1, 0.15) is 12.4 Å². The third kappa shape index (κ3) is 6.76. The molecule has 0 saturated carbocycles. The standard InChI is InChI=1S/C21H30N4O/c1-22-21(25(4)14-15-26-20-8-6-5-7-9-20)23-16-18-10-12-19(13-11-18)17-24(2)3/h5-13H,14-17H2,1-4H3,(H,22,23). The van der Waals surface area contributed by atoms with E-state index in [0.717, 1.165) is 31.3 Å². The minimum atomic E-state index is 0.612. The second kappa shape index (κ2) is 10.5. The Labute approximate surface area is 157 Å². The van der Waals surface area contributed by atoms with Gasteiger partial charge in [0.05, 0.1) is 6.54 Å². The SMILES string of the molecule is CN=C(NCc1ccc(CN(C)C)cc1)N(C)CCOc1ccccc1. The quantitative estimate of drug-likeness (QED) is 0.585.